The van der Waals surface area contributed by atoms with Gasteiger partial charge < -0.3 is 14.8 Å². The molecule has 2 aromatic carbocycles. The van der Waals surface area contributed by atoms with E-state index in [-0.39, 0.29) is 28.1 Å². The van der Waals surface area contributed by atoms with Gasteiger partial charge in [-0.05, 0) is 31.0 Å². The summed E-state index contributed by atoms with van der Waals surface area (Å²) in [7, 11) is 0.849. The van der Waals surface area contributed by atoms with Crippen LogP contribution in [0.4, 0.5) is 62.8 Å². The summed E-state index contributed by atoms with van der Waals surface area (Å²) < 4.78 is 185. The quantitative estimate of drug-likeness (QED) is 0.0516. The minimum Gasteiger partial charge on any atom is -0.466 e. The monoisotopic (exact) mass is 837 g/mol. The Balaban J connectivity index is 1.66. The van der Waals surface area contributed by atoms with Crippen molar-refractivity contribution in [3.8, 4) is 0 Å². The van der Waals surface area contributed by atoms with Crippen LogP contribution in [0.2, 0.25) is 0 Å². The summed E-state index contributed by atoms with van der Waals surface area (Å²) in [6.45, 7) is -1.09. The molecule has 4 rings (SSSR count). The number of nitro groups is 1. The third-order valence-electron chi connectivity index (χ3n) is 8.75. The lowest BCUT2D eigenvalue weighted by Gasteiger charge is -2.39. The number of benzene rings is 2. The second kappa shape index (κ2) is 15.0. The van der Waals surface area contributed by atoms with E-state index in [0.29, 0.717) is 4.90 Å². The molecule has 2 aliphatic heterocycles. The van der Waals surface area contributed by atoms with Gasteiger partial charge in [-0.15, -0.1) is 0 Å². The highest BCUT2D eigenvalue weighted by atomic mass is 19.4. The highest BCUT2D eigenvalue weighted by Gasteiger charge is 2.90. The molecule has 0 saturated carbocycles. The molecule has 24 heteroatoms. The Bertz CT molecular complexity index is 2030. The summed E-state index contributed by atoms with van der Waals surface area (Å²) in [4.78, 5) is 64.5. The van der Waals surface area contributed by atoms with Crippen LogP contribution in [-0.2, 0) is 19.1 Å². The number of ether oxygens (including phenoxy) is 2. The zero-order valence-corrected chi connectivity index (χ0v) is 28.6. The Hall–Kier alpha value is -5.71. The number of methoxy groups -OCH3 is 1. The van der Waals surface area contributed by atoms with Crippen molar-refractivity contribution in [3.63, 3.8) is 0 Å². The maximum absolute atomic E-state index is 14.4. The molecule has 0 aromatic heterocycles. The number of fused-ring (bicyclic) bond motifs is 1. The van der Waals surface area contributed by atoms with Crippen molar-refractivity contribution in [2.45, 2.75) is 61.5 Å². The van der Waals surface area contributed by atoms with Gasteiger partial charge in [0.2, 0.25) is 0 Å². The number of allylic oxidation sites excluding steroid dienone is 1. The largest absolute Gasteiger partial charge is 0.466 e. The Morgan fingerprint density at radius 1 is 0.789 bits per heavy atom. The third-order valence-corrected chi connectivity index (χ3v) is 8.75. The fourth-order valence-corrected chi connectivity index (χ4v) is 5.83. The molecular formula is C33H24F13N3O8. The van der Waals surface area contributed by atoms with Crippen molar-refractivity contribution in [3.05, 3.63) is 97.9 Å². The van der Waals surface area contributed by atoms with Gasteiger partial charge in [-0.2, -0.15) is 57.1 Å². The number of rotatable bonds is 14. The zero-order valence-electron chi connectivity index (χ0n) is 28.6. The van der Waals surface area contributed by atoms with Crippen LogP contribution in [-0.4, -0.2) is 89.6 Å². The minimum absolute atomic E-state index is 0.0229. The van der Waals surface area contributed by atoms with E-state index in [1.54, 1.807) is 0 Å². The first-order chi connectivity index (χ1) is 26.1. The normalized spacial score (nSPS) is 17.1. The maximum atomic E-state index is 14.4. The second-order valence-electron chi connectivity index (χ2n) is 12.3. The lowest BCUT2D eigenvalue weighted by Crippen LogP contribution is -2.70. The molecule has 0 spiro atoms. The van der Waals surface area contributed by atoms with Gasteiger partial charge in [0.1, 0.15) is 0 Å². The number of alkyl halides is 13. The lowest BCUT2D eigenvalue weighted by atomic mass is 9.80. The number of carbonyl (C=O) groups is 4. The van der Waals surface area contributed by atoms with E-state index >= 15 is 0 Å². The summed E-state index contributed by atoms with van der Waals surface area (Å²) in [6, 6.07) is 9.65. The van der Waals surface area contributed by atoms with Gasteiger partial charge in [0.15, 0.2) is 0 Å². The molecule has 1 atom stereocenters. The second-order valence-corrected chi connectivity index (χ2v) is 12.3. The van der Waals surface area contributed by atoms with Crippen molar-refractivity contribution in [2.75, 3.05) is 20.3 Å². The predicted molar refractivity (Wildman–Crippen MR) is 164 cm³/mol. The molecule has 0 saturated heterocycles. The summed E-state index contributed by atoms with van der Waals surface area (Å²) in [6.07, 6.45) is -11.9. The molecule has 2 aromatic rings. The Morgan fingerprint density at radius 2 is 1.33 bits per heavy atom. The topological polar surface area (TPSA) is 145 Å². The van der Waals surface area contributed by atoms with Crippen molar-refractivity contribution in [1.82, 2.24) is 10.2 Å². The van der Waals surface area contributed by atoms with Crippen LogP contribution in [0.5, 0.6) is 0 Å². The average Bonchev–Trinajstić information content (AvgIpc) is 3.36. The molecule has 0 aliphatic carbocycles. The van der Waals surface area contributed by atoms with Gasteiger partial charge in [0, 0.05) is 29.9 Å². The number of amides is 2. The standard InChI is InChI=1S/C33H24F13N3O8/c1-15-21(27(53)57-12-6-11-28(34,35)29(36,37)30(38,39)31(40,41)32(42,43)33(44,45)46)22(16-7-5-8-17(13-16)49(54)55)23(26(52)56-2)20(47-15)14-48-24(50)18-9-3-4-10-19(18)25(48)51/h3-5,7-10,13,22,47H,6,11-12,14H2,1-2H3. The van der Waals surface area contributed by atoms with Gasteiger partial charge in [-0.3, -0.25) is 24.6 Å². The van der Waals surface area contributed by atoms with Gasteiger partial charge in [-0.25, -0.2) is 9.59 Å². The Kier molecular flexibility index (Phi) is 11.6. The van der Waals surface area contributed by atoms with Gasteiger partial charge >= 0.3 is 47.7 Å². The first kappa shape index (κ1) is 44.0. The van der Waals surface area contributed by atoms with Crippen molar-refractivity contribution < 1.29 is 90.7 Å². The number of hydrogen-bond donors (Lipinski definition) is 1. The third kappa shape index (κ3) is 7.35. The van der Waals surface area contributed by atoms with Gasteiger partial charge in [0.05, 0.1) is 53.4 Å². The molecule has 2 heterocycles. The molecule has 2 aliphatic rings. The van der Waals surface area contributed by atoms with Crippen LogP contribution < -0.4 is 5.32 Å². The molecule has 11 nitrogen and oxygen atoms in total. The van der Waals surface area contributed by atoms with Crippen LogP contribution in [0.1, 0.15) is 52.0 Å². The molecule has 310 valence electrons. The Morgan fingerprint density at radius 3 is 1.84 bits per heavy atom. The lowest BCUT2D eigenvalue weighted by molar-refractivity contribution is -0.440. The van der Waals surface area contributed by atoms with E-state index < -0.39 is 113 Å². The predicted octanol–water partition coefficient (Wildman–Crippen LogP) is 7.34. The number of nitrogens with one attached hydrogen (secondary N) is 1. The zero-order chi connectivity index (χ0) is 43.3. The first-order valence-corrected chi connectivity index (χ1v) is 15.7. The number of hydrogen-bond acceptors (Lipinski definition) is 9. The van der Waals surface area contributed by atoms with E-state index in [1.807, 2.05) is 0 Å². The van der Waals surface area contributed by atoms with Gasteiger partial charge in [-0.1, -0.05) is 24.3 Å². The van der Waals surface area contributed by atoms with Crippen molar-refractivity contribution in [1.29, 1.82) is 0 Å². The first-order valence-electron chi connectivity index (χ1n) is 15.7. The number of esters is 2. The number of nitro benzene ring substituents is 1. The van der Waals surface area contributed by atoms with E-state index in [2.05, 4.69) is 5.32 Å². The van der Waals surface area contributed by atoms with Crippen LogP contribution in [0, 0.1) is 10.1 Å². The average molecular weight is 838 g/mol. The SMILES string of the molecule is COC(=O)C1=C(CN2C(=O)c3ccccc3C2=O)NC(C)=C(C(=O)OCCCC(F)(F)C(F)(F)C(F)(F)C(F)(F)C(F)(F)C(F)(F)F)C1c1cccc([N+](=O)[O-])c1. The molecule has 0 bridgehead atoms. The van der Waals surface area contributed by atoms with E-state index in [9.17, 15) is 86.4 Å². The summed E-state index contributed by atoms with van der Waals surface area (Å²) in [5, 5.41) is 14.2. The molecule has 2 amide bonds. The molecule has 1 unspecified atom stereocenters. The Labute approximate surface area is 310 Å². The van der Waals surface area contributed by atoms with Crippen molar-refractivity contribution in [2.24, 2.45) is 0 Å². The number of halogens is 13. The molecular weight excluding hydrogens is 813 g/mol. The fourth-order valence-electron chi connectivity index (χ4n) is 5.83. The summed E-state index contributed by atoms with van der Waals surface area (Å²) >= 11 is 0. The molecule has 57 heavy (non-hydrogen) atoms. The van der Waals surface area contributed by atoms with Crippen LogP contribution in [0.15, 0.2) is 71.1 Å². The molecule has 1 N–H and O–H groups in total. The highest BCUT2D eigenvalue weighted by Crippen LogP contribution is 2.60. The van der Waals surface area contributed by atoms with Crippen molar-refractivity contribution >= 4 is 29.4 Å². The fraction of sp³-hybridized carbons (Fsp3) is 0.394. The van der Waals surface area contributed by atoms with E-state index in [0.717, 1.165) is 38.3 Å². The van der Waals surface area contributed by atoms with Crippen LogP contribution >= 0.6 is 0 Å². The number of nitrogens with zero attached hydrogens (tertiary/aromatic N) is 2. The highest BCUT2D eigenvalue weighted by molar-refractivity contribution is 6.21. The maximum Gasteiger partial charge on any atom is 0.460 e. The minimum atomic E-state index is -8.10. The number of non-ortho nitro benzene ring substituents is 1. The van der Waals surface area contributed by atoms with Crippen LogP contribution in [0.25, 0.3) is 0 Å². The van der Waals surface area contributed by atoms with E-state index in [4.69, 9.17) is 9.47 Å². The van der Waals surface area contributed by atoms with Gasteiger partial charge in [0.25, 0.3) is 17.5 Å². The van der Waals surface area contributed by atoms with E-state index in [1.165, 1.54) is 24.3 Å². The van der Waals surface area contributed by atoms with Crippen LogP contribution in [0.3, 0.4) is 0 Å². The summed E-state index contributed by atoms with van der Waals surface area (Å²) in [5.41, 5.74) is -2.78. The smallest absolute Gasteiger partial charge is 0.460 e. The molecule has 0 fully saturated rings. The number of dihydropyridines is 1. The summed E-state index contributed by atoms with van der Waals surface area (Å²) in [5.74, 6) is -44.4. The number of imide groups is 1. The number of carbonyl (C=O) groups excluding carboxylic acids is 4. The molecule has 0 radical (unpaired) electrons.